The normalized spacial score (nSPS) is 10.4. The summed E-state index contributed by atoms with van der Waals surface area (Å²) in [6.45, 7) is 3.63. The van der Waals surface area contributed by atoms with Crippen LogP contribution in [0.4, 0.5) is 0 Å². The number of quaternary nitrogens is 1. The van der Waals surface area contributed by atoms with E-state index in [2.05, 4.69) is 38.0 Å². The van der Waals surface area contributed by atoms with E-state index in [-0.39, 0.29) is 24.8 Å². The van der Waals surface area contributed by atoms with E-state index >= 15 is 0 Å². The average molecular weight is 425 g/mol. The van der Waals surface area contributed by atoms with Gasteiger partial charge in [-0.05, 0) is 12.8 Å². The van der Waals surface area contributed by atoms with E-state index in [1.54, 1.807) is 18.7 Å². The minimum Gasteiger partial charge on any atom is -1.00 e. The number of hydrogen-bond acceptors (Lipinski definition) is 1. The summed E-state index contributed by atoms with van der Waals surface area (Å²) in [5.74, 6) is 0. The Morgan fingerprint density at radius 2 is 1.11 bits per heavy atom. The van der Waals surface area contributed by atoms with Crippen LogP contribution in [0, 0.1) is 0 Å². The Bertz CT molecular complexity index is 321. The smallest absolute Gasteiger partial charge is 0.0919 e. The molecule has 27 heavy (non-hydrogen) atoms. The maximum absolute atomic E-state index is 3.67. The molecule has 0 amide bonds. The van der Waals surface area contributed by atoms with Crippen molar-refractivity contribution in [1.29, 1.82) is 0 Å². The molecule has 1 aromatic rings. The summed E-state index contributed by atoms with van der Waals surface area (Å²) < 4.78 is 1.12. The topological polar surface area (TPSA) is 28.7 Å². The molecule has 0 radical (unpaired) electrons. The van der Waals surface area contributed by atoms with Crippen LogP contribution in [0.1, 0.15) is 96.8 Å². The summed E-state index contributed by atoms with van der Waals surface area (Å²) in [6.07, 6.45) is 25.5. The molecule has 0 fully saturated rings. The minimum absolute atomic E-state index is 0. The molecule has 1 N–H and O–H groups in total. The molecule has 0 spiro atoms. The molecule has 0 atom stereocenters. The Labute approximate surface area is 182 Å². The zero-order valence-electron chi connectivity index (χ0n) is 18.5. The van der Waals surface area contributed by atoms with Gasteiger partial charge in [-0.15, -0.1) is 12.4 Å². The summed E-state index contributed by atoms with van der Waals surface area (Å²) in [6, 6.07) is 0. The first-order valence-corrected chi connectivity index (χ1v) is 10.8. The van der Waals surface area contributed by atoms with Gasteiger partial charge in [0.25, 0.3) is 0 Å². The third-order valence-electron chi connectivity index (χ3n) is 4.59. The monoisotopic (exact) mass is 423 g/mol. The van der Waals surface area contributed by atoms with Gasteiger partial charge in [0.2, 0.25) is 0 Å². The number of aromatic nitrogens is 2. The van der Waals surface area contributed by atoms with Gasteiger partial charge >= 0.3 is 0 Å². The van der Waals surface area contributed by atoms with E-state index in [0.29, 0.717) is 0 Å². The highest BCUT2D eigenvalue weighted by molar-refractivity contribution is 5.85. The van der Waals surface area contributed by atoms with Crippen molar-refractivity contribution < 1.29 is 16.9 Å². The van der Waals surface area contributed by atoms with Crippen molar-refractivity contribution in [2.24, 2.45) is 0 Å². The molecule has 1 rings (SSSR count). The Balaban J connectivity index is -0.000000706. The molecule has 0 aliphatic heterocycles. The second-order valence-electron chi connectivity index (χ2n) is 8.37. The molecule has 1 heterocycles. The maximum atomic E-state index is 3.67. The molecule has 5 heteroatoms. The van der Waals surface area contributed by atoms with Crippen molar-refractivity contribution in [1.82, 2.24) is 9.97 Å². The van der Waals surface area contributed by atoms with Gasteiger partial charge in [0.05, 0.1) is 34.0 Å². The van der Waals surface area contributed by atoms with Crippen LogP contribution in [0.5, 0.6) is 0 Å². The lowest BCUT2D eigenvalue weighted by molar-refractivity contribution is -0.870. The molecule has 0 aliphatic rings. The number of aromatic amines is 1. The second kappa shape index (κ2) is 23.8. The first kappa shape index (κ1) is 31.4. The highest BCUT2D eigenvalue weighted by Crippen LogP contribution is 2.13. The molecular formula is C22H47Cl2N3. The van der Waals surface area contributed by atoms with Gasteiger partial charge in [0, 0.05) is 12.4 Å². The van der Waals surface area contributed by atoms with Crippen LogP contribution in [0.2, 0.25) is 0 Å². The largest absolute Gasteiger partial charge is 1.00 e. The van der Waals surface area contributed by atoms with E-state index in [1.165, 1.54) is 96.4 Å². The number of nitrogens with zero attached hydrogens (tertiary/aromatic N) is 2. The van der Waals surface area contributed by atoms with Gasteiger partial charge in [-0.25, -0.2) is 4.98 Å². The minimum atomic E-state index is 0. The van der Waals surface area contributed by atoms with Gasteiger partial charge < -0.3 is 21.9 Å². The van der Waals surface area contributed by atoms with Crippen LogP contribution in [-0.2, 0) is 0 Å². The second-order valence-corrected chi connectivity index (χ2v) is 8.37. The zero-order valence-corrected chi connectivity index (χ0v) is 20.1. The van der Waals surface area contributed by atoms with Crippen molar-refractivity contribution >= 4 is 12.4 Å². The molecule has 3 nitrogen and oxygen atoms in total. The highest BCUT2D eigenvalue weighted by Gasteiger charge is 2.04. The third-order valence-corrected chi connectivity index (χ3v) is 4.59. The maximum Gasteiger partial charge on any atom is 0.0919 e. The fraction of sp³-hybridized carbons (Fsp3) is 0.864. The fourth-order valence-electron chi connectivity index (χ4n) is 3.00. The Hall–Kier alpha value is -0.250. The van der Waals surface area contributed by atoms with E-state index in [1.807, 2.05) is 0 Å². The average Bonchev–Trinajstić information content (AvgIpc) is 3.14. The zero-order chi connectivity index (χ0) is 18.6. The Morgan fingerprint density at radius 1 is 0.704 bits per heavy atom. The van der Waals surface area contributed by atoms with Crippen LogP contribution in [-0.4, -0.2) is 42.1 Å². The van der Waals surface area contributed by atoms with Crippen LogP contribution in [0.3, 0.4) is 0 Å². The number of imidazole rings is 1. The SMILES string of the molecule is CCCCCCCCCCCCCCCC[N+](C)(C)C.Cl.[Cl-].c1c[nH]cn1. The lowest BCUT2D eigenvalue weighted by Gasteiger charge is -2.23. The van der Waals surface area contributed by atoms with Gasteiger partial charge in [-0.1, -0.05) is 84.0 Å². The predicted octanol–water partition coefficient (Wildman–Crippen LogP) is 4.01. The number of nitrogens with one attached hydrogen (secondary N) is 1. The first-order chi connectivity index (χ1) is 12.1. The van der Waals surface area contributed by atoms with Gasteiger partial charge in [-0.3, -0.25) is 0 Å². The van der Waals surface area contributed by atoms with E-state index in [9.17, 15) is 0 Å². The molecule has 0 aromatic carbocycles. The first-order valence-electron chi connectivity index (χ1n) is 10.8. The van der Waals surface area contributed by atoms with E-state index in [0.717, 1.165) is 4.48 Å². The Morgan fingerprint density at radius 3 is 1.37 bits per heavy atom. The third kappa shape index (κ3) is 30.7. The standard InChI is InChI=1S/C19H42N.C3H4N2.2ClH/c1-5-6-7-8-9-10-11-12-13-14-15-16-17-18-19-20(2,3)4;1-2-5-3-4-1;;/h5-19H2,1-4H3;1-3H,(H,4,5);2*1H/q+1;;;/p-1. The lowest BCUT2D eigenvalue weighted by atomic mass is 10.0. The molecule has 0 saturated heterocycles. The Kier molecular flexibility index (Phi) is 27.7. The number of unbranched alkanes of at least 4 members (excludes halogenated alkanes) is 13. The predicted molar refractivity (Wildman–Crippen MR) is 119 cm³/mol. The van der Waals surface area contributed by atoms with Gasteiger partial charge in [0.15, 0.2) is 0 Å². The summed E-state index contributed by atoms with van der Waals surface area (Å²) in [5, 5.41) is 0. The quantitative estimate of drug-likeness (QED) is 0.335. The summed E-state index contributed by atoms with van der Waals surface area (Å²) in [7, 11) is 6.88. The number of H-pyrrole nitrogens is 1. The van der Waals surface area contributed by atoms with Crippen molar-refractivity contribution in [3.63, 3.8) is 0 Å². The number of rotatable bonds is 15. The summed E-state index contributed by atoms with van der Waals surface area (Å²) in [5.41, 5.74) is 0. The van der Waals surface area contributed by atoms with Crippen LogP contribution < -0.4 is 12.4 Å². The van der Waals surface area contributed by atoms with Gasteiger partial charge in [0.1, 0.15) is 0 Å². The summed E-state index contributed by atoms with van der Waals surface area (Å²) in [4.78, 5) is 6.42. The van der Waals surface area contributed by atoms with Crippen LogP contribution in [0.25, 0.3) is 0 Å². The van der Waals surface area contributed by atoms with Crippen molar-refractivity contribution in [2.45, 2.75) is 96.8 Å². The van der Waals surface area contributed by atoms with Crippen LogP contribution in [0.15, 0.2) is 18.7 Å². The molecular weight excluding hydrogens is 377 g/mol. The molecule has 0 unspecified atom stereocenters. The van der Waals surface area contributed by atoms with Crippen molar-refractivity contribution in [3.05, 3.63) is 18.7 Å². The number of hydrogen-bond donors (Lipinski definition) is 1. The molecule has 0 bridgehead atoms. The van der Waals surface area contributed by atoms with E-state index in [4.69, 9.17) is 0 Å². The highest BCUT2D eigenvalue weighted by atomic mass is 35.5. The van der Waals surface area contributed by atoms with Crippen molar-refractivity contribution in [3.8, 4) is 0 Å². The van der Waals surface area contributed by atoms with Gasteiger partial charge in [-0.2, -0.15) is 0 Å². The molecule has 164 valence electrons. The summed E-state index contributed by atoms with van der Waals surface area (Å²) >= 11 is 0. The lowest BCUT2D eigenvalue weighted by Crippen LogP contribution is -3.00. The van der Waals surface area contributed by atoms with E-state index < -0.39 is 0 Å². The number of halogens is 2. The molecule has 1 aromatic heterocycles. The van der Waals surface area contributed by atoms with Crippen LogP contribution >= 0.6 is 12.4 Å². The molecule has 0 saturated carbocycles. The van der Waals surface area contributed by atoms with Crippen molar-refractivity contribution in [2.75, 3.05) is 27.7 Å². The molecule has 0 aliphatic carbocycles. The fourth-order valence-corrected chi connectivity index (χ4v) is 3.00.